The predicted octanol–water partition coefficient (Wildman–Crippen LogP) is 1.21. The lowest BCUT2D eigenvalue weighted by Gasteiger charge is -2.15. The molecule has 1 atom stereocenters. The molecule has 8 nitrogen and oxygen atoms in total. The van der Waals surface area contributed by atoms with Crippen LogP contribution >= 0.6 is 11.3 Å². The highest BCUT2D eigenvalue weighted by Gasteiger charge is 2.30. The van der Waals surface area contributed by atoms with Crippen LogP contribution in [0.5, 0.6) is 0 Å². The quantitative estimate of drug-likeness (QED) is 0.699. The summed E-state index contributed by atoms with van der Waals surface area (Å²) in [6.45, 7) is -0.283. The van der Waals surface area contributed by atoms with E-state index in [4.69, 9.17) is 0 Å². The second-order valence-corrected chi connectivity index (χ2v) is 8.31. The molecule has 2 aromatic rings. The molecule has 10 heteroatoms. The largest absolute Gasteiger partial charge is 0.469 e. The van der Waals surface area contributed by atoms with Gasteiger partial charge in [0.1, 0.15) is 12.4 Å². The number of nitrogens with one attached hydrogen (secondary N) is 2. The van der Waals surface area contributed by atoms with Gasteiger partial charge in [0.25, 0.3) is 10.0 Å². The number of amidine groups is 1. The van der Waals surface area contributed by atoms with Gasteiger partial charge in [0, 0.05) is 10.4 Å². The van der Waals surface area contributed by atoms with E-state index in [1.165, 1.54) is 24.5 Å². The van der Waals surface area contributed by atoms with Crippen molar-refractivity contribution < 1.29 is 22.7 Å². The fraction of sp³-hybridized carbons (Fsp3) is 0.235. The van der Waals surface area contributed by atoms with Crippen molar-refractivity contribution in [1.29, 1.82) is 0 Å². The Morgan fingerprint density at radius 1 is 1.26 bits per heavy atom. The first kappa shape index (κ1) is 19.1. The highest BCUT2D eigenvalue weighted by molar-refractivity contribution is 7.90. The van der Waals surface area contributed by atoms with Crippen LogP contribution in [0.15, 0.2) is 51.7 Å². The van der Waals surface area contributed by atoms with Crippen molar-refractivity contribution >= 4 is 39.1 Å². The fourth-order valence-electron chi connectivity index (χ4n) is 2.60. The van der Waals surface area contributed by atoms with Crippen LogP contribution in [0, 0.1) is 0 Å². The zero-order valence-corrected chi connectivity index (χ0v) is 16.0. The first-order chi connectivity index (χ1) is 12.9. The van der Waals surface area contributed by atoms with Gasteiger partial charge in [-0.25, -0.2) is 8.42 Å². The van der Waals surface area contributed by atoms with Gasteiger partial charge in [-0.1, -0.05) is 18.2 Å². The van der Waals surface area contributed by atoms with Crippen molar-refractivity contribution in [2.24, 2.45) is 4.99 Å². The van der Waals surface area contributed by atoms with E-state index in [0.29, 0.717) is 5.56 Å². The number of amides is 1. The molecular formula is C17H17N3O5S2. The van der Waals surface area contributed by atoms with Gasteiger partial charge >= 0.3 is 5.97 Å². The lowest BCUT2D eigenvalue weighted by atomic mass is 10.1. The second-order valence-electron chi connectivity index (χ2n) is 5.68. The number of benzene rings is 1. The third-order valence-corrected chi connectivity index (χ3v) is 6.25. The van der Waals surface area contributed by atoms with Crippen LogP contribution in [-0.4, -0.2) is 39.8 Å². The molecule has 3 rings (SSSR count). The second kappa shape index (κ2) is 7.89. The number of rotatable bonds is 6. The molecule has 1 aromatic heterocycles. The molecule has 2 N–H and O–H groups in total. The van der Waals surface area contributed by atoms with Crippen molar-refractivity contribution in [2.45, 2.75) is 17.4 Å². The maximum Gasteiger partial charge on any atom is 0.307 e. The zero-order valence-electron chi connectivity index (χ0n) is 14.3. The van der Waals surface area contributed by atoms with Gasteiger partial charge in [-0.15, -0.1) is 11.3 Å². The third kappa shape index (κ3) is 4.34. The Balaban J connectivity index is 1.72. The number of esters is 1. The van der Waals surface area contributed by atoms with E-state index in [2.05, 4.69) is 19.8 Å². The molecule has 1 aliphatic rings. The summed E-state index contributed by atoms with van der Waals surface area (Å²) in [7, 11) is -2.37. The SMILES string of the molecule is COC(=O)C[C@H](NC(=O)CN=C1NS(=O)(=O)c2ccccc21)c1cccs1. The van der Waals surface area contributed by atoms with Crippen molar-refractivity contribution in [2.75, 3.05) is 13.7 Å². The Labute approximate surface area is 160 Å². The number of sulfonamides is 1. The summed E-state index contributed by atoms with van der Waals surface area (Å²) in [5.41, 5.74) is 0.426. The summed E-state index contributed by atoms with van der Waals surface area (Å²) >= 11 is 1.41. The number of fused-ring (bicyclic) bond motifs is 1. The summed E-state index contributed by atoms with van der Waals surface area (Å²) in [5.74, 6) is -0.757. The number of hydrogen-bond acceptors (Lipinski definition) is 7. The van der Waals surface area contributed by atoms with Gasteiger partial charge in [-0.05, 0) is 23.6 Å². The van der Waals surface area contributed by atoms with E-state index in [0.717, 1.165) is 4.88 Å². The Bertz CT molecular complexity index is 984. The molecule has 0 saturated carbocycles. The molecule has 2 heterocycles. The molecular weight excluding hydrogens is 390 g/mol. The maximum atomic E-state index is 12.3. The topological polar surface area (TPSA) is 114 Å². The Morgan fingerprint density at radius 2 is 2.04 bits per heavy atom. The fourth-order valence-corrected chi connectivity index (χ4v) is 4.63. The summed E-state index contributed by atoms with van der Waals surface area (Å²) in [6.07, 6.45) is -0.00517. The molecule has 1 aromatic carbocycles. The molecule has 142 valence electrons. The molecule has 27 heavy (non-hydrogen) atoms. The first-order valence-electron chi connectivity index (χ1n) is 7.97. The van der Waals surface area contributed by atoms with Gasteiger partial charge < -0.3 is 10.1 Å². The minimum atomic E-state index is -3.65. The van der Waals surface area contributed by atoms with Crippen LogP contribution in [0.4, 0.5) is 0 Å². The lowest BCUT2D eigenvalue weighted by Crippen LogP contribution is -2.32. The van der Waals surface area contributed by atoms with Gasteiger partial charge in [0.2, 0.25) is 5.91 Å². The van der Waals surface area contributed by atoms with Crippen LogP contribution in [0.2, 0.25) is 0 Å². The number of methoxy groups -OCH3 is 1. The van der Waals surface area contributed by atoms with Crippen molar-refractivity contribution in [3.63, 3.8) is 0 Å². The molecule has 0 bridgehead atoms. The average Bonchev–Trinajstić information content (AvgIpc) is 3.26. The van der Waals surface area contributed by atoms with E-state index in [9.17, 15) is 18.0 Å². The average molecular weight is 407 g/mol. The van der Waals surface area contributed by atoms with E-state index in [-0.39, 0.29) is 23.7 Å². The summed E-state index contributed by atoms with van der Waals surface area (Å²) in [5, 5.41) is 4.58. The highest BCUT2D eigenvalue weighted by Crippen LogP contribution is 2.23. The van der Waals surface area contributed by atoms with Crippen molar-refractivity contribution in [3.8, 4) is 0 Å². The van der Waals surface area contributed by atoms with Crippen molar-refractivity contribution in [3.05, 3.63) is 52.2 Å². The number of carbonyl (C=O) groups excluding carboxylic acids is 2. The Hall–Kier alpha value is -2.72. The number of aliphatic imine (C=N–C) groups is 1. The molecule has 1 aliphatic heterocycles. The molecule has 0 aliphatic carbocycles. The standard InChI is InChI=1S/C17H17N3O5S2/c1-25-16(22)9-12(13-6-4-8-26-13)19-15(21)10-18-17-11-5-2-3-7-14(11)27(23,24)20-17/h2-8,12H,9-10H2,1H3,(H,18,20)(H,19,21)/t12-/m0/s1. The lowest BCUT2D eigenvalue weighted by molar-refractivity contribution is -0.141. The predicted molar refractivity (Wildman–Crippen MR) is 100 cm³/mol. The first-order valence-corrected chi connectivity index (χ1v) is 10.3. The number of thiophene rings is 1. The van der Waals surface area contributed by atoms with Crippen LogP contribution in [0.25, 0.3) is 0 Å². The monoisotopic (exact) mass is 407 g/mol. The summed E-state index contributed by atoms with van der Waals surface area (Å²) in [6, 6.07) is 9.51. The Kier molecular flexibility index (Phi) is 5.57. The van der Waals surface area contributed by atoms with Crippen LogP contribution in [0.1, 0.15) is 22.9 Å². The van der Waals surface area contributed by atoms with Gasteiger partial charge in [-0.2, -0.15) is 0 Å². The van der Waals surface area contributed by atoms with E-state index < -0.39 is 27.9 Å². The smallest absolute Gasteiger partial charge is 0.307 e. The Morgan fingerprint density at radius 3 is 2.74 bits per heavy atom. The van der Waals surface area contributed by atoms with Crippen LogP contribution < -0.4 is 10.0 Å². The molecule has 0 unspecified atom stereocenters. The highest BCUT2D eigenvalue weighted by atomic mass is 32.2. The van der Waals surface area contributed by atoms with E-state index in [1.54, 1.807) is 18.2 Å². The normalized spacial score (nSPS) is 17.0. The van der Waals surface area contributed by atoms with E-state index >= 15 is 0 Å². The summed E-state index contributed by atoms with van der Waals surface area (Å²) < 4.78 is 31.1. The minimum Gasteiger partial charge on any atom is -0.469 e. The molecule has 0 saturated heterocycles. The zero-order chi connectivity index (χ0) is 19.4. The molecule has 0 spiro atoms. The maximum absolute atomic E-state index is 12.3. The number of nitrogens with zero attached hydrogens (tertiary/aromatic N) is 1. The third-order valence-electron chi connectivity index (χ3n) is 3.86. The van der Waals surface area contributed by atoms with Gasteiger partial charge in [-0.3, -0.25) is 19.3 Å². The summed E-state index contributed by atoms with van der Waals surface area (Å²) in [4.78, 5) is 28.9. The molecule has 1 amide bonds. The van der Waals surface area contributed by atoms with E-state index in [1.807, 2.05) is 17.5 Å². The number of ether oxygens (including phenoxy) is 1. The van der Waals surface area contributed by atoms with Gasteiger partial charge in [0.05, 0.1) is 24.5 Å². The number of hydrogen-bond donors (Lipinski definition) is 2. The molecule has 0 fully saturated rings. The minimum absolute atomic E-state index is 0.00517. The van der Waals surface area contributed by atoms with Crippen molar-refractivity contribution in [1.82, 2.24) is 10.0 Å². The molecule has 0 radical (unpaired) electrons. The number of carbonyl (C=O) groups is 2. The van der Waals surface area contributed by atoms with Gasteiger partial charge in [0.15, 0.2) is 0 Å². The van der Waals surface area contributed by atoms with Crippen LogP contribution in [-0.2, 0) is 24.3 Å². The van der Waals surface area contributed by atoms with Crippen LogP contribution in [0.3, 0.4) is 0 Å².